The molecule has 0 amide bonds. The second-order valence-electron chi connectivity index (χ2n) is 5.35. The van der Waals surface area contributed by atoms with E-state index in [0.717, 1.165) is 19.3 Å². The highest BCUT2D eigenvalue weighted by Crippen LogP contribution is 2.31. The van der Waals surface area contributed by atoms with Crippen LogP contribution in [0.5, 0.6) is 0 Å². The third kappa shape index (κ3) is 3.08. The lowest BCUT2D eigenvalue weighted by molar-refractivity contribution is 0.0526. The Morgan fingerprint density at radius 2 is 2.24 bits per heavy atom. The Hall–Kier alpha value is -1.88. The van der Waals surface area contributed by atoms with Crippen LogP contribution in [0.15, 0.2) is 24.4 Å². The molecule has 0 bridgehead atoms. The van der Waals surface area contributed by atoms with Gasteiger partial charge in [0, 0.05) is 11.1 Å². The summed E-state index contributed by atoms with van der Waals surface area (Å²) in [6, 6.07) is 5.90. The van der Waals surface area contributed by atoms with E-state index < -0.39 is 0 Å². The first-order valence-corrected chi connectivity index (χ1v) is 7.96. The van der Waals surface area contributed by atoms with Crippen LogP contribution in [0, 0.1) is 5.92 Å². The van der Waals surface area contributed by atoms with Gasteiger partial charge in [0.1, 0.15) is 0 Å². The zero-order valence-corrected chi connectivity index (χ0v) is 12.8. The zero-order valence-electron chi connectivity index (χ0n) is 12.0. The summed E-state index contributed by atoms with van der Waals surface area (Å²) in [5, 5.41) is 0.630. The number of esters is 1. The summed E-state index contributed by atoms with van der Waals surface area (Å²) in [4.78, 5) is 17.1. The fourth-order valence-electron chi connectivity index (χ4n) is 2.90. The largest absolute Gasteiger partial charge is 0.462 e. The van der Waals surface area contributed by atoms with Crippen LogP contribution in [0.25, 0.3) is 0 Å². The Morgan fingerprint density at radius 1 is 1.43 bits per heavy atom. The van der Waals surface area contributed by atoms with Crippen LogP contribution in [-0.4, -0.2) is 17.6 Å². The number of hydrogen-bond donors (Lipinski definition) is 1. The minimum Gasteiger partial charge on any atom is -0.462 e. The maximum Gasteiger partial charge on any atom is 0.338 e. The van der Waals surface area contributed by atoms with Crippen LogP contribution in [0.3, 0.4) is 0 Å². The summed E-state index contributed by atoms with van der Waals surface area (Å²) in [5.74, 6) is 0.330. The maximum atomic E-state index is 11.8. The second-order valence-corrected chi connectivity index (χ2v) is 6.49. The van der Waals surface area contributed by atoms with Crippen molar-refractivity contribution in [1.29, 1.82) is 0 Å². The van der Waals surface area contributed by atoms with Crippen LogP contribution in [0.2, 0.25) is 0 Å². The first-order valence-electron chi connectivity index (χ1n) is 7.14. The number of rotatable bonds is 4. The number of fused-ring (bicyclic) bond motifs is 1. The SMILES string of the molecule is CCOC(=O)c1ccc2c(c1)CC(Cc1cnc(N)s1)C2. The first-order chi connectivity index (χ1) is 10.2. The average molecular weight is 302 g/mol. The number of aromatic nitrogens is 1. The van der Waals surface area contributed by atoms with Gasteiger partial charge in [-0.1, -0.05) is 6.07 Å². The van der Waals surface area contributed by atoms with Crippen LogP contribution >= 0.6 is 11.3 Å². The Morgan fingerprint density at radius 3 is 2.95 bits per heavy atom. The number of hydrogen-bond acceptors (Lipinski definition) is 5. The summed E-state index contributed by atoms with van der Waals surface area (Å²) in [7, 11) is 0. The van der Waals surface area contributed by atoms with Crippen molar-refractivity contribution in [2.45, 2.75) is 26.2 Å². The molecular formula is C16H18N2O2S. The number of carbonyl (C=O) groups excluding carboxylic acids is 1. The monoisotopic (exact) mass is 302 g/mol. The standard InChI is InChI=1S/C16H18N2O2S/c1-2-20-15(19)12-4-3-11-5-10(6-13(11)8-12)7-14-9-18-16(17)21-14/h3-4,8-10H,2,5-7H2,1H3,(H2,17,18). The lowest BCUT2D eigenvalue weighted by Gasteiger charge is -2.05. The normalized spacial score (nSPS) is 16.7. The van der Waals surface area contributed by atoms with E-state index in [9.17, 15) is 4.79 Å². The predicted molar refractivity (Wildman–Crippen MR) is 83.5 cm³/mol. The minimum atomic E-state index is -0.237. The number of benzene rings is 1. The molecule has 3 rings (SSSR count). The quantitative estimate of drug-likeness (QED) is 0.882. The van der Waals surface area contributed by atoms with Gasteiger partial charge in [-0.3, -0.25) is 0 Å². The summed E-state index contributed by atoms with van der Waals surface area (Å²) in [6.45, 7) is 2.23. The van der Waals surface area contributed by atoms with Gasteiger partial charge in [-0.25, -0.2) is 9.78 Å². The Kier molecular flexibility index (Phi) is 3.92. The molecule has 1 aliphatic rings. The van der Waals surface area contributed by atoms with Gasteiger partial charge < -0.3 is 10.5 Å². The summed E-state index contributed by atoms with van der Waals surface area (Å²) >= 11 is 1.56. The third-order valence-electron chi connectivity index (χ3n) is 3.80. The van der Waals surface area contributed by atoms with Gasteiger partial charge in [0.25, 0.3) is 0 Å². The summed E-state index contributed by atoms with van der Waals surface area (Å²) in [6.07, 6.45) is 4.92. The fourth-order valence-corrected chi connectivity index (χ4v) is 3.69. The molecule has 0 radical (unpaired) electrons. The fraction of sp³-hybridized carbons (Fsp3) is 0.375. The molecule has 0 aliphatic heterocycles. The van der Waals surface area contributed by atoms with Gasteiger partial charge in [-0.2, -0.15) is 0 Å². The summed E-state index contributed by atoms with van der Waals surface area (Å²) < 4.78 is 5.05. The van der Waals surface area contributed by atoms with Gasteiger partial charge in [0.15, 0.2) is 5.13 Å². The predicted octanol–water partition coefficient (Wildman–Crippen LogP) is 2.86. The molecule has 0 saturated carbocycles. The first kappa shape index (κ1) is 14.1. The van der Waals surface area contributed by atoms with E-state index >= 15 is 0 Å². The smallest absolute Gasteiger partial charge is 0.338 e. The second kappa shape index (κ2) is 5.85. The van der Waals surface area contributed by atoms with Crippen LogP contribution in [-0.2, 0) is 24.0 Å². The van der Waals surface area contributed by atoms with Gasteiger partial charge >= 0.3 is 5.97 Å². The van der Waals surface area contributed by atoms with Gasteiger partial charge in [0.2, 0.25) is 0 Å². The van der Waals surface area contributed by atoms with Crippen molar-refractivity contribution in [1.82, 2.24) is 4.98 Å². The lowest BCUT2D eigenvalue weighted by Crippen LogP contribution is -2.05. The maximum absolute atomic E-state index is 11.8. The zero-order chi connectivity index (χ0) is 14.8. The lowest BCUT2D eigenvalue weighted by atomic mass is 10.0. The molecule has 5 heteroatoms. The van der Waals surface area contributed by atoms with Gasteiger partial charge in [-0.05, 0) is 55.4 Å². The Labute approximate surface area is 128 Å². The molecule has 2 aromatic rings. The molecule has 1 atom stereocenters. The van der Waals surface area contributed by atoms with E-state index in [1.54, 1.807) is 11.3 Å². The Balaban J connectivity index is 1.70. The number of anilines is 1. The van der Waals surface area contributed by atoms with E-state index in [0.29, 0.717) is 23.2 Å². The average Bonchev–Trinajstić information content (AvgIpc) is 3.04. The highest BCUT2D eigenvalue weighted by molar-refractivity contribution is 7.15. The highest BCUT2D eigenvalue weighted by atomic mass is 32.1. The van der Waals surface area contributed by atoms with Crippen LogP contribution in [0.1, 0.15) is 33.3 Å². The van der Waals surface area contributed by atoms with E-state index in [1.807, 2.05) is 25.3 Å². The van der Waals surface area contributed by atoms with Gasteiger partial charge in [-0.15, -0.1) is 11.3 Å². The molecule has 110 valence electrons. The topological polar surface area (TPSA) is 65.2 Å². The van der Waals surface area contributed by atoms with Gasteiger partial charge in [0.05, 0.1) is 12.2 Å². The van der Waals surface area contributed by atoms with Crippen molar-refractivity contribution < 1.29 is 9.53 Å². The summed E-state index contributed by atoms with van der Waals surface area (Å²) in [5.41, 5.74) is 8.93. The van der Waals surface area contributed by atoms with Crippen molar-refractivity contribution in [3.63, 3.8) is 0 Å². The van der Waals surface area contributed by atoms with Crippen LogP contribution < -0.4 is 5.73 Å². The van der Waals surface area contributed by atoms with Crippen molar-refractivity contribution in [2.24, 2.45) is 5.92 Å². The third-order valence-corrected chi connectivity index (χ3v) is 4.64. The van der Waals surface area contributed by atoms with E-state index in [4.69, 9.17) is 10.5 Å². The number of nitrogens with two attached hydrogens (primary N) is 1. The molecule has 1 aliphatic carbocycles. The Bertz CT molecular complexity index is 666. The number of nitrogen functional groups attached to an aromatic ring is 1. The molecule has 1 aromatic heterocycles. The molecule has 1 heterocycles. The van der Waals surface area contributed by atoms with Crippen LogP contribution in [0.4, 0.5) is 5.13 Å². The van der Waals surface area contributed by atoms with E-state index in [1.165, 1.54) is 16.0 Å². The molecule has 0 fully saturated rings. The van der Waals surface area contributed by atoms with Crippen molar-refractivity contribution in [3.05, 3.63) is 46.0 Å². The highest BCUT2D eigenvalue weighted by Gasteiger charge is 2.23. The minimum absolute atomic E-state index is 0.237. The molecular weight excluding hydrogens is 284 g/mol. The number of nitrogens with zero attached hydrogens (tertiary/aromatic N) is 1. The van der Waals surface area contributed by atoms with Crippen molar-refractivity contribution in [2.75, 3.05) is 12.3 Å². The van der Waals surface area contributed by atoms with Crippen molar-refractivity contribution in [3.8, 4) is 0 Å². The molecule has 4 nitrogen and oxygen atoms in total. The van der Waals surface area contributed by atoms with E-state index in [-0.39, 0.29) is 5.97 Å². The number of thiazole rings is 1. The molecule has 0 saturated heterocycles. The molecule has 2 N–H and O–H groups in total. The molecule has 1 unspecified atom stereocenters. The molecule has 21 heavy (non-hydrogen) atoms. The molecule has 0 spiro atoms. The van der Waals surface area contributed by atoms with E-state index in [2.05, 4.69) is 11.1 Å². The van der Waals surface area contributed by atoms with Crippen molar-refractivity contribution >= 4 is 22.4 Å². The molecule has 1 aromatic carbocycles. The number of ether oxygens (including phenoxy) is 1. The number of carbonyl (C=O) groups is 1.